The van der Waals surface area contributed by atoms with E-state index in [0.29, 0.717) is 36.7 Å². The average Bonchev–Trinajstić information content (AvgIpc) is 3.50. The van der Waals surface area contributed by atoms with Crippen molar-refractivity contribution in [3.05, 3.63) is 29.4 Å². The monoisotopic (exact) mass is 638 g/mol. The largest absolute Gasteiger partial charge is 0.573 e. The number of nitrogens with zero attached hydrogens (tertiary/aromatic N) is 6. The van der Waals surface area contributed by atoms with E-state index in [0.717, 1.165) is 30.5 Å². The summed E-state index contributed by atoms with van der Waals surface area (Å²) in [7, 11) is 1.97. The number of benzene rings is 1. The second-order valence-corrected chi connectivity index (χ2v) is 12.5. The molecule has 4 heterocycles. The summed E-state index contributed by atoms with van der Waals surface area (Å²) in [6.07, 6.45) is -3.92. The number of halogens is 3. The maximum Gasteiger partial charge on any atom is 0.573 e. The summed E-state index contributed by atoms with van der Waals surface area (Å²) in [5.41, 5.74) is -0.701. The van der Waals surface area contributed by atoms with Crippen molar-refractivity contribution in [2.24, 2.45) is 0 Å². The van der Waals surface area contributed by atoms with E-state index in [4.69, 9.17) is 4.74 Å². The second kappa shape index (κ2) is 12.1. The van der Waals surface area contributed by atoms with Crippen molar-refractivity contribution in [2.45, 2.75) is 45.3 Å². The summed E-state index contributed by atoms with van der Waals surface area (Å²) in [6, 6.07) is 2.28. The van der Waals surface area contributed by atoms with Gasteiger partial charge in [0.2, 0.25) is 5.91 Å². The number of fused-ring (bicyclic) bond motifs is 1. The van der Waals surface area contributed by atoms with Gasteiger partial charge in [-0.25, -0.2) is 9.78 Å². The number of carbonyl (C=O) groups is 3. The smallest absolute Gasteiger partial charge is 0.444 e. The van der Waals surface area contributed by atoms with Crippen LogP contribution in [0.15, 0.2) is 23.7 Å². The van der Waals surface area contributed by atoms with Gasteiger partial charge in [0.05, 0.1) is 17.2 Å². The van der Waals surface area contributed by atoms with Crippen LogP contribution in [0.5, 0.6) is 5.75 Å². The lowest BCUT2D eigenvalue weighted by atomic mass is 10.1. The number of aromatic nitrogens is 3. The van der Waals surface area contributed by atoms with Crippen molar-refractivity contribution >= 4 is 51.0 Å². The van der Waals surface area contributed by atoms with Crippen LogP contribution in [0.2, 0.25) is 0 Å². The maximum atomic E-state index is 13.2. The molecule has 0 radical (unpaired) electrons. The van der Waals surface area contributed by atoms with E-state index in [1.165, 1.54) is 27.2 Å². The van der Waals surface area contributed by atoms with Crippen molar-refractivity contribution in [1.29, 1.82) is 0 Å². The Labute approximate surface area is 254 Å². The number of nitrogens with one attached hydrogen (secondary N) is 2. The normalized spacial score (nSPS) is 16.5. The van der Waals surface area contributed by atoms with Gasteiger partial charge >= 0.3 is 12.5 Å². The van der Waals surface area contributed by atoms with E-state index < -0.39 is 29.7 Å². The lowest BCUT2D eigenvalue weighted by molar-refractivity contribution is -0.274. The predicted octanol–water partition coefficient (Wildman–Crippen LogP) is 3.45. The van der Waals surface area contributed by atoms with Crippen molar-refractivity contribution in [2.75, 3.05) is 56.9 Å². The second-order valence-electron chi connectivity index (χ2n) is 11.7. The number of hydrogen-bond donors (Lipinski definition) is 2. The lowest BCUT2D eigenvalue weighted by Crippen LogP contribution is -2.57. The molecule has 0 aliphatic carbocycles. The number of thiazole rings is 1. The van der Waals surface area contributed by atoms with Crippen LogP contribution >= 0.6 is 11.3 Å². The fourth-order valence-corrected chi connectivity index (χ4v) is 5.41. The molecule has 13 nitrogen and oxygen atoms in total. The molecule has 0 saturated carbocycles. The number of likely N-dealkylation sites (tertiary alicyclic amines) is 1. The minimum atomic E-state index is -5.03. The van der Waals surface area contributed by atoms with Gasteiger partial charge in [-0.05, 0) is 33.9 Å². The molecule has 3 amide bonds. The first-order chi connectivity index (χ1) is 20.6. The third kappa shape index (κ3) is 7.88. The summed E-state index contributed by atoms with van der Waals surface area (Å²) in [5, 5.41) is 12.1. The van der Waals surface area contributed by atoms with Crippen LogP contribution in [0.3, 0.4) is 0 Å². The molecule has 1 aromatic carbocycles. The van der Waals surface area contributed by atoms with Crippen LogP contribution in [0.4, 0.5) is 28.8 Å². The fraction of sp³-hybridized carbons (Fsp3) is 0.519. The maximum absolute atomic E-state index is 13.2. The van der Waals surface area contributed by atoms with Gasteiger partial charge in [0.25, 0.3) is 5.91 Å². The topological polar surface area (TPSA) is 134 Å². The molecule has 2 N–H and O–H groups in total. The SMILES string of the molecule is CN1CCN(C(=O)Cn2cc3cc(NC(=O)c4csc(NC5CN(C(=O)OC(C)(C)C)C5)n4)c(OC(F)(F)F)cc3n2)CC1. The van der Waals surface area contributed by atoms with Gasteiger partial charge in [-0.1, -0.05) is 0 Å². The molecule has 17 heteroatoms. The first kappa shape index (κ1) is 31.3. The van der Waals surface area contributed by atoms with Crippen LogP contribution in [-0.4, -0.2) is 112 Å². The number of rotatable bonds is 7. The van der Waals surface area contributed by atoms with E-state index in [2.05, 4.69) is 30.4 Å². The van der Waals surface area contributed by atoms with Crippen molar-refractivity contribution in [3.8, 4) is 5.75 Å². The number of hydrogen-bond acceptors (Lipinski definition) is 10. The Balaban J connectivity index is 1.25. The van der Waals surface area contributed by atoms with Gasteiger partial charge < -0.3 is 34.8 Å². The molecule has 2 aromatic heterocycles. The van der Waals surface area contributed by atoms with Crippen molar-refractivity contribution in [3.63, 3.8) is 0 Å². The lowest BCUT2D eigenvalue weighted by Gasteiger charge is -2.39. The van der Waals surface area contributed by atoms with Gasteiger partial charge in [0.15, 0.2) is 10.9 Å². The van der Waals surface area contributed by atoms with Crippen LogP contribution in [-0.2, 0) is 16.1 Å². The molecule has 5 rings (SSSR count). The minimum Gasteiger partial charge on any atom is -0.444 e. The fourth-order valence-electron chi connectivity index (χ4n) is 4.64. The van der Waals surface area contributed by atoms with Crippen molar-refractivity contribution in [1.82, 2.24) is 29.5 Å². The van der Waals surface area contributed by atoms with Gasteiger partial charge in [0.1, 0.15) is 17.8 Å². The van der Waals surface area contributed by atoms with Crippen LogP contribution in [0.1, 0.15) is 31.3 Å². The Morgan fingerprint density at radius 2 is 1.77 bits per heavy atom. The summed E-state index contributed by atoms with van der Waals surface area (Å²) in [4.78, 5) is 47.5. The first-order valence-corrected chi connectivity index (χ1v) is 14.7. The summed E-state index contributed by atoms with van der Waals surface area (Å²) in [5.74, 6) is -1.56. The molecule has 2 fully saturated rings. The third-order valence-electron chi connectivity index (χ3n) is 6.88. The van der Waals surface area contributed by atoms with E-state index in [-0.39, 0.29) is 35.4 Å². The highest BCUT2D eigenvalue weighted by Gasteiger charge is 2.35. The number of alkyl halides is 3. The summed E-state index contributed by atoms with van der Waals surface area (Å²) >= 11 is 1.14. The zero-order valence-electron chi connectivity index (χ0n) is 24.6. The van der Waals surface area contributed by atoms with E-state index in [1.54, 1.807) is 25.7 Å². The van der Waals surface area contributed by atoms with Crippen LogP contribution < -0.4 is 15.4 Å². The van der Waals surface area contributed by atoms with E-state index >= 15 is 0 Å². The Bertz CT molecular complexity index is 1540. The molecule has 0 bridgehead atoms. The highest BCUT2D eigenvalue weighted by Crippen LogP contribution is 2.34. The highest BCUT2D eigenvalue weighted by molar-refractivity contribution is 7.13. The average molecular weight is 639 g/mol. The number of anilines is 2. The predicted molar refractivity (Wildman–Crippen MR) is 156 cm³/mol. The number of amides is 3. The quantitative estimate of drug-likeness (QED) is 0.399. The van der Waals surface area contributed by atoms with Crippen molar-refractivity contribution < 1.29 is 37.0 Å². The Kier molecular flexibility index (Phi) is 8.62. The van der Waals surface area contributed by atoms with E-state index in [9.17, 15) is 27.6 Å². The molecule has 0 spiro atoms. The molecule has 44 heavy (non-hydrogen) atoms. The van der Waals surface area contributed by atoms with Gasteiger partial charge in [0, 0.05) is 62.3 Å². The Morgan fingerprint density at radius 1 is 1.07 bits per heavy atom. The number of likely N-dealkylation sites (N-methyl/N-ethyl adjacent to an activating group) is 1. The van der Waals surface area contributed by atoms with Gasteiger partial charge in [-0.2, -0.15) is 5.10 Å². The molecule has 0 unspecified atom stereocenters. The Hall–Kier alpha value is -4.12. The van der Waals surface area contributed by atoms with Gasteiger partial charge in [-0.3, -0.25) is 14.3 Å². The zero-order valence-corrected chi connectivity index (χ0v) is 25.4. The summed E-state index contributed by atoms with van der Waals surface area (Å²) < 4.78 is 50.6. The molecule has 2 aliphatic rings. The zero-order chi connectivity index (χ0) is 31.8. The van der Waals surface area contributed by atoms with Crippen LogP contribution in [0.25, 0.3) is 10.9 Å². The van der Waals surface area contributed by atoms with Crippen LogP contribution in [0, 0.1) is 0 Å². The molecule has 238 valence electrons. The molecular formula is C27H33F3N8O5S. The number of carbonyl (C=O) groups excluding carboxylic acids is 3. The molecule has 2 aliphatic heterocycles. The molecular weight excluding hydrogens is 605 g/mol. The molecule has 2 saturated heterocycles. The highest BCUT2D eigenvalue weighted by atomic mass is 32.1. The third-order valence-corrected chi connectivity index (χ3v) is 7.65. The summed E-state index contributed by atoms with van der Waals surface area (Å²) in [6.45, 7) is 8.70. The number of piperazine rings is 1. The van der Waals surface area contributed by atoms with E-state index in [1.807, 2.05) is 7.05 Å². The Morgan fingerprint density at radius 3 is 2.43 bits per heavy atom. The standard InChI is InChI=1S/C27H33F3N8O5S/c1-26(2,3)43-25(41)37-12-17(13-37)31-24-33-20(15-44-24)23(40)32-19-9-16-11-38(14-22(39)36-7-5-35(4)6-8-36)34-18(16)10-21(19)42-27(28,29)30/h9-11,15,17H,5-8,12-14H2,1-4H3,(H,31,33)(H,32,40). The molecule has 3 aromatic rings. The minimum absolute atomic E-state index is 0.0210. The van der Waals surface area contributed by atoms with Gasteiger partial charge in [-0.15, -0.1) is 24.5 Å². The molecule has 0 atom stereocenters. The first-order valence-electron chi connectivity index (χ1n) is 13.9. The number of ether oxygens (including phenoxy) is 2.